The van der Waals surface area contributed by atoms with Gasteiger partial charge in [-0.05, 0) is 51.2 Å². The van der Waals surface area contributed by atoms with Crippen LogP contribution in [0.3, 0.4) is 0 Å². The van der Waals surface area contributed by atoms with Crippen molar-refractivity contribution >= 4 is 12.1 Å². The Kier molecular flexibility index (Phi) is 5.70. The molecule has 2 N–H and O–H groups in total. The summed E-state index contributed by atoms with van der Waals surface area (Å²) in [6.07, 6.45) is 1.75. The first kappa shape index (κ1) is 18.1. The zero-order chi connectivity index (χ0) is 17.7. The van der Waals surface area contributed by atoms with E-state index in [1.54, 1.807) is 20.8 Å². The summed E-state index contributed by atoms with van der Waals surface area (Å²) in [5.74, 6) is 0.160. The lowest BCUT2D eigenvalue weighted by Crippen LogP contribution is -2.44. The number of hydrogen-bond donors (Lipinski definition) is 2. The maximum atomic E-state index is 11.8. The molecule has 0 aromatic heterocycles. The fraction of sp³-hybridized carbons (Fsp3) is 0.556. The summed E-state index contributed by atoms with van der Waals surface area (Å²) in [7, 11) is 0. The van der Waals surface area contributed by atoms with Gasteiger partial charge in [0.25, 0.3) is 0 Å². The van der Waals surface area contributed by atoms with Gasteiger partial charge in [-0.25, -0.2) is 9.59 Å². The second-order valence-corrected chi connectivity index (χ2v) is 7.10. The molecule has 1 atom stereocenters. The van der Waals surface area contributed by atoms with Crippen LogP contribution in [0.15, 0.2) is 24.3 Å². The Labute approximate surface area is 142 Å². The molecular formula is C18H25NO5. The Bertz CT molecular complexity index is 589. The second-order valence-electron chi connectivity index (χ2n) is 7.10. The molecule has 1 aliphatic rings. The van der Waals surface area contributed by atoms with Gasteiger partial charge in [-0.1, -0.05) is 18.2 Å². The van der Waals surface area contributed by atoms with Gasteiger partial charge in [-0.15, -0.1) is 0 Å². The normalized spacial score (nSPS) is 15.5. The number of amides is 1. The molecule has 1 saturated carbocycles. The van der Waals surface area contributed by atoms with Crippen LogP contribution in [0, 0.1) is 5.92 Å². The number of nitrogens with one attached hydrogen (secondary N) is 1. The van der Waals surface area contributed by atoms with Crippen molar-refractivity contribution in [3.05, 3.63) is 29.8 Å². The summed E-state index contributed by atoms with van der Waals surface area (Å²) in [6.45, 7) is 5.82. The Balaban J connectivity index is 2.01. The van der Waals surface area contributed by atoms with Crippen molar-refractivity contribution in [2.75, 3.05) is 6.61 Å². The molecule has 0 bridgehead atoms. The number of benzene rings is 1. The summed E-state index contributed by atoms with van der Waals surface area (Å²) in [5.41, 5.74) is 0.0694. The van der Waals surface area contributed by atoms with Crippen LogP contribution < -0.4 is 10.1 Å². The maximum Gasteiger partial charge on any atom is 0.408 e. The van der Waals surface area contributed by atoms with Gasteiger partial charge in [-0.2, -0.15) is 0 Å². The molecule has 1 aromatic rings. The lowest BCUT2D eigenvalue weighted by molar-refractivity contribution is -0.139. The summed E-state index contributed by atoms with van der Waals surface area (Å²) >= 11 is 0. The number of rotatable bonds is 7. The molecule has 0 radical (unpaired) electrons. The van der Waals surface area contributed by atoms with Crippen LogP contribution in [-0.2, 0) is 16.0 Å². The minimum atomic E-state index is -1.11. The molecule has 6 heteroatoms. The van der Waals surface area contributed by atoms with E-state index in [9.17, 15) is 14.7 Å². The van der Waals surface area contributed by atoms with Crippen LogP contribution in [0.2, 0.25) is 0 Å². The summed E-state index contributed by atoms with van der Waals surface area (Å²) < 4.78 is 10.9. The molecule has 6 nitrogen and oxygen atoms in total. The third kappa shape index (κ3) is 6.10. The van der Waals surface area contributed by atoms with E-state index in [2.05, 4.69) is 5.32 Å². The van der Waals surface area contributed by atoms with E-state index in [-0.39, 0.29) is 6.42 Å². The van der Waals surface area contributed by atoms with E-state index in [0.29, 0.717) is 18.3 Å². The Hall–Kier alpha value is -2.24. The fourth-order valence-electron chi connectivity index (χ4n) is 2.18. The zero-order valence-corrected chi connectivity index (χ0v) is 14.4. The molecule has 0 heterocycles. The van der Waals surface area contributed by atoms with Crippen LogP contribution in [-0.4, -0.2) is 35.4 Å². The number of carboxylic acid groups (broad SMARTS) is 1. The molecule has 2 rings (SSSR count). The third-order valence-electron chi connectivity index (χ3n) is 3.56. The van der Waals surface area contributed by atoms with Crippen LogP contribution in [0.25, 0.3) is 0 Å². The van der Waals surface area contributed by atoms with Crippen molar-refractivity contribution in [3.63, 3.8) is 0 Å². The van der Waals surface area contributed by atoms with E-state index >= 15 is 0 Å². The number of para-hydroxylation sites is 1. The smallest absolute Gasteiger partial charge is 0.408 e. The Morgan fingerprint density at radius 1 is 1.29 bits per heavy atom. The van der Waals surface area contributed by atoms with E-state index in [4.69, 9.17) is 9.47 Å². The summed E-state index contributed by atoms with van der Waals surface area (Å²) in [6, 6.07) is 6.23. The lowest BCUT2D eigenvalue weighted by atomic mass is 10.0. The van der Waals surface area contributed by atoms with Gasteiger partial charge in [0.2, 0.25) is 0 Å². The van der Waals surface area contributed by atoms with Gasteiger partial charge in [0.05, 0.1) is 6.61 Å². The molecule has 132 valence electrons. The number of carbonyl (C=O) groups is 2. The fourth-order valence-corrected chi connectivity index (χ4v) is 2.18. The first-order chi connectivity index (χ1) is 11.2. The van der Waals surface area contributed by atoms with Gasteiger partial charge < -0.3 is 19.9 Å². The van der Waals surface area contributed by atoms with Crippen molar-refractivity contribution in [1.82, 2.24) is 5.32 Å². The zero-order valence-electron chi connectivity index (χ0n) is 14.4. The minimum absolute atomic E-state index is 0.134. The van der Waals surface area contributed by atoms with E-state index in [0.717, 1.165) is 5.56 Å². The molecule has 24 heavy (non-hydrogen) atoms. The molecule has 1 aromatic carbocycles. The predicted octanol–water partition coefficient (Wildman–Crippen LogP) is 3.00. The molecule has 1 fully saturated rings. The first-order valence-electron chi connectivity index (χ1n) is 8.17. The van der Waals surface area contributed by atoms with Crippen molar-refractivity contribution in [2.24, 2.45) is 5.92 Å². The third-order valence-corrected chi connectivity index (χ3v) is 3.56. The number of alkyl carbamates (subject to hydrolysis) is 1. The quantitative estimate of drug-likeness (QED) is 0.800. The number of carboxylic acids is 1. The molecule has 0 spiro atoms. The van der Waals surface area contributed by atoms with Gasteiger partial charge in [-0.3, -0.25) is 0 Å². The SMILES string of the molecule is CC(C)(C)OC(=O)N[C@@H](Cc1ccccc1OCC1CC1)C(=O)O. The van der Waals surface area contributed by atoms with Crippen LogP contribution >= 0.6 is 0 Å². The standard InChI is InChI=1S/C18H25NO5/c1-18(2,3)24-17(22)19-14(16(20)21)10-13-6-4-5-7-15(13)23-11-12-8-9-12/h4-7,12,14H,8-11H2,1-3H3,(H,19,22)(H,20,21)/t14-/m0/s1. The highest BCUT2D eigenvalue weighted by Crippen LogP contribution is 2.30. The highest BCUT2D eigenvalue weighted by atomic mass is 16.6. The second kappa shape index (κ2) is 7.55. The minimum Gasteiger partial charge on any atom is -0.493 e. The predicted molar refractivity (Wildman–Crippen MR) is 89.2 cm³/mol. The van der Waals surface area contributed by atoms with Crippen LogP contribution in [0.5, 0.6) is 5.75 Å². The highest BCUT2D eigenvalue weighted by Gasteiger charge is 2.26. The number of carbonyl (C=O) groups excluding carboxylic acids is 1. The van der Waals surface area contributed by atoms with Gasteiger partial charge in [0, 0.05) is 6.42 Å². The number of ether oxygens (including phenoxy) is 2. The lowest BCUT2D eigenvalue weighted by Gasteiger charge is -2.22. The van der Waals surface area contributed by atoms with Crippen molar-refractivity contribution in [2.45, 2.75) is 51.7 Å². The molecule has 0 unspecified atom stereocenters. The maximum absolute atomic E-state index is 11.8. The largest absolute Gasteiger partial charge is 0.493 e. The monoisotopic (exact) mass is 335 g/mol. The van der Waals surface area contributed by atoms with E-state index in [1.165, 1.54) is 12.8 Å². The van der Waals surface area contributed by atoms with Gasteiger partial charge in [0.15, 0.2) is 0 Å². The summed E-state index contributed by atoms with van der Waals surface area (Å²) in [4.78, 5) is 23.3. The van der Waals surface area contributed by atoms with Crippen LogP contribution in [0.1, 0.15) is 39.2 Å². The van der Waals surface area contributed by atoms with E-state index < -0.39 is 23.7 Å². The summed E-state index contributed by atoms with van der Waals surface area (Å²) in [5, 5.41) is 11.8. The van der Waals surface area contributed by atoms with Crippen molar-refractivity contribution < 1.29 is 24.2 Å². The average molecular weight is 335 g/mol. The Morgan fingerprint density at radius 2 is 1.96 bits per heavy atom. The van der Waals surface area contributed by atoms with Gasteiger partial charge >= 0.3 is 12.1 Å². The average Bonchev–Trinajstić information content (AvgIpc) is 3.27. The van der Waals surface area contributed by atoms with Crippen LogP contribution in [0.4, 0.5) is 4.79 Å². The Morgan fingerprint density at radius 3 is 2.54 bits per heavy atom. The number of hydrogen-bond acceptors (Lipinski definition) is 4. The topological polar surface area (TPSA) is 84.9 Å². The molecular weight excluding hydrogens is 310 g/mol. The van der Waals surface area contributed by atoms with E-state index in [1.807, 2.05) is 24.3 Å². The highest BCUT2D eigenvalue weighted by molar-refractivity contribution is 5.80. The molecule has 1 aliphatic carbocycles. The van der Waals surface area contributed by atoms with Crippen molar-refractivity contribution in [1.29, 1.82) is 0 Å². The number of aliphatic carboxylic acids is 1. The molecule has 0 saturated heterocycles. The molecule has 0 aliphatic heterocycles. The van der Waals surface area contributed by atoms with Gasteiger partial charge in [0.1, 0.15) is 17.4 Å². The molecule has 1 amide bonds. The first-order valence-corrected chi connectivity index (χ1v) is 8.17. The van der Waals surface area contributed by atoms with Crippen molar-refractivity contribution in [3.8, 4) is 5.75 Å².